The molecule has 1 aliphatic rings. The van der Waals surface area contributed by atoms with E-state index >= 15 is 0 Å². The molecule has 0 radical (unpaired) electrons. The molecule has 0 amide bonds. The standard InChI is InChI=1S/C20H27NO4/c1-23-15-19-8-7-18(25-19)14-21(13-17-5-3-2-4-6-17)16-20(22)9-11-24-12-10-20/h2-8,22H,9-16H2,1H3. The second kappa shape index (κ2) is 8.63. The number of nitrogens with zero attached hydrogens (tertiary/aromatic N) is 1. The van der Waals surface area contributed by atoms with Crippen LogP contribution in [0.1, 0.15) is 29.9 Å². The van der Waals surface area contributed by atoms with Crippen LogP contribution in [-0.2, 0) is 29.2 Å². The number of hydrogen-bond donors (Lipinski definition) is 1. The Kier molecular flexibility index (Phi) is 6.26. The predicted molar refractivity (Wildman–Crippen MR) is 95.0 cm³/mol. The molecule has 2 heterocycles. The first kappa shape index (κ1) is 18.1. The van der Waals surface area contributed by atoms with E-state index in [0.29, 0.717) is 45.8 Å². The van der Waals surface area contributed by atoms with E-state index < -0.39 is 5.60 Å². The lowest BCUT2D eigenvalue weighted by Crippen LogP contribution is -2.46. The Morgan fingerprint density at radius 2 is 1.76 bits per heavy atom. The summed E-state index contributed by atoms with van der Waals surface area (Å²) in [5.74, 6) is 1.71. The molecule has 1 saturated heterocycles. The highest BCUT2D eigenvalue weighted by Gasteiger charge is 2.32. The minimum atomic E-state index is -0.699. The first-order valence-corrected chi connectivity index (χ1v) is 8.80. The van der Waals surface area contributed by atoms with Gasteiger partial charge >= 0.3 is 0 Å². The highest BCUT2D eigenvalue weighted by atomic mass is 16.5. The van der Waals surface area contributed by atoms with E-state index in [-0.39, 0.29) is 0 Å². The topological polar surface area (TPSA) is 55.1 Å². The first-order valence-electron chi connectivity index (χ1n) is 8.80. The Morgan fingerprint density at radius 3 is 2.48 bits per heavy atom. The van der Waals surface area contributed by atoms with Crippen molar-refractivity contribution in [3.05, 3.63) is 59.5 Å². The Labute approximate surface area is 149 Å². The van der Waals surface area contributed by atoms with Crippen LogP contribution in [0.25, 0.3) is 0 Å². The minimum absolute atomic E-state index is 0.472. The van der Waals surface area contributed by atoms with Crippen molar-refractivity contribution in [2.24, 2.45) is 0 Å². The Bertz CT molecular complexity index is 634. The SMILES string of the molecule is COCc1ccc(CN(Cc2ccccc2)CC2(O)CCOCC2)o1. The largest absolute Gasteiger partial charge is 0.462 e. The van der Waals surface area contributed by atoms with Gasteiger partial charge in [-0.25, -0.2) is 0 Å². The van der Waals surface area contributed by atoms with Crippen molar-refractivity contribution in [1.29, 1.82) is 0 Å². The van der Waals surface area contributed by atoms with Gasteiger partial charge in [0.05, 0.1) is 12.1 Å². The molecule has 1 fully saturated rings. The monoisotopic (exact) mass is 345 g/mol. The molecule has 0 spiro atoms. The van der Waals surface area contributed by atoms with E-state index in [4.69, 9.17) is 13.9 Å². The smallest absolute Gasteiger partial charge is 0.129 e. The van der Waals surface area contributed by atoms with Crippen molar-refractivity contribution in [1.82, 2.24) is 4.90 Å². The van der Waals surface area contributed by atoms with Gasteiger partial charge in [0.25, 0.3) is 0 Å². The summed E-state index contributed by atoms with van der Waals surface area (Å²) in [6, 6.07) is 14.3. The van der Waals surface area contributed by atoms with Crippen LogP contribution in [0.5, 0.6) is 0 Å². The Morgan fingerprint density at radius 1 is 1.04 bits per heavy atom. The van der Waals surface area contributed by atoms with Gasteiger partial charge in [0, 0.05) is 46.3 Å². The molecule has 25 heavy (non-hydrogen) atoms. The van der Waals surface area contributed by atoms with E-state index in [2.05, 4.69) is 17.0 Å². The van der Waals surface area contributed by atoms with Crippen LogP contribution >= 0.6 is 0 Å². The summed E-state index contributed by atoms with van der Waals surface area (Å²) in [5, 5.41) is 10.9. The fourth-order valence-electron chi connectivity index (χ4n) is 3.28. The second-order valence-corrected chi connectivity index (χ2v) is 6.77. The van der Waals surface area contributed by atoms with Gasteiger partial charge in [0.15, 0.2) is 0 Å². The van der Waals surface area contributed by atoms with Crippen LogP contribution in [0.4, 0.5) is 0 Å². The van der Waals surface area contributed by atoms with Crippen LogP contribution < -0.4 is 0 Å². The summed E-state index contributed by atoms with van der Waals surface area (Å²) in [4.78, 5) is 2.25. The molecular formula is C20H27NO4. The maximum atomic E-state index is 10.9. The molecule has 1 aromatic carbocycles. The van der Waals surface area contributed by atoms with Crippen molar-refractivity contribution in [2.75, 3.05) is 26.9 Å². The number of hydrogen-bond acceptors (Lipinski definition) is 5. The fraction of sp³-hybridized carbons (Fsp3) is 0.500. The summed E-state index contributed by atoms with van der Waals surface area (Å²) in [7, 11) is 1.66. The number of ether oxygens (including phenoxy) is 2. The number of aliphatic hydroxyl groups is 1. The number of benzene rings is 1. The third-order valence-electron chi connectivity index (χ3n) is 4.57. The van der Waals surface area contributed by atoms with Crippen LogP contribution in [-0.4, -0.2) is 42.5 Å². The molecule has 5 heteroatoms. The van der Waals surface area contributed by atoms with Crippen molar-refractivity contribution >= 4 is 0 Å². The molecule has 1 aliphatic heterocycles. The van der Waals surface area contributed by atoms with E-state index in [0.717, 1.165) is 18.1 Å². The number of furan rings is 1. The van der Waals surface area contributed by atoms with Crippen molar-refractivity contribution < 1.29 is 19.0 Å². The highest BCUT2D eigenvalue weighted by Crippen LogP contribution is 2.24. The maximum absolute atomic E-state index is 10.9. The van der Waals surface area contributed by atoms with Crippen molar-refractivity contribution in [2.45, 2.75) is 38.1 Å². The second-order valence-electron chi connectivity index (χ2n) is 6.77. The summed E-state index contributed by atoms with van der Waals surface area (Å²) < 4.78 is 16.4. The van der Waals surface area contributed by atoms with E-state index in [1.165, 1.54) is 5.56 Å². The van der Waals surface area contributed by atoms with Crippen molar-refractivity contribution in [3.8, 4) is 0 Å². The summed E-state index contributed by atoms with van der Waals surface area (Å²) in [6.45, 7) is 3.74. The maximum Gasteiger partial charge on any atom is 0.129 e. The normalized spacial score (nSPS) is 17.1. The van der Waals surface area contributed by atoms with Crippen LogP contribution in [0.15, 0.2) is 46.9 Å². The molecule has 0 aliphatic carbocycles. The van der Waals surface area contributed by atoms with Crippen molar-refractivity contribution in [3.63, 3.8) is 0 Å². The third-order valence-corrected chi connectivity index (χ3v) is 4.57. The average Bonchev–Trinajstić information content (AvgIpc) is 3.03. The summed E-state index contributed by atoms with van der Waals surface area (Å²) in [6.07, 6.45) is 1.34. The first-order chi connectivity index (χ1) is 12.2. The van der Waals surface area contributed by atoms with Gasteiger partial charge in [0.1, 0.15) is 18.1 Å². The molecule has 136 valence electrons. The lowest BCUT2D eigenvalue weighted by atomic mass is 9.93. The molecule has 0 saturated carbocycles. The van der Waals surface area contributed by atoms with E-state index in [9.17, 15) is 5.11 Å². The average molecular weight is 345 g/mol. The van der Waals surface area contributed by atoms with Gasteiger partial charge in [0.2, 0.25) is 0 Å². The minimum Gasteiger partial charge on any atom is -0.462 e. The molecule has 2 aromatic rings. The summed E-state index contributed by atoms with van der Waals surface area (Å²) in [5.41, 5.74) is 0.524. The van der Waals surface area contributed by atoms with Gasteiger partial charge in [-0.15, -0.1) is 0 Å². The fourth-order valence-corrected chi connectivity index (χ4v) is 3.28. The molecule has 0 unspecified atom stereocenters. The zero-order valence-electron chi connectivity index (χ0n) is 14.8. The summed E-state index contributed by atoms with van der Waals surface area (Å²) >= 11 is 0. The predicted octanol–water partition coefficient (Wildman–Crippen LogP) is 2.97. The van der Waals surface area contributed by atoms with Gasteiger partial charge < -0.3 is 19.0 Å². The lowest BCUT2D eigenvalue weighted by molar-refractivity contribution is -0.0827. The quantitative estimate of drug-likeness (QED) is 0.797. The van der Waals surface area contributed by atoms with Crippen LogP contribution in [0, 0.1) is 0 Å². The molecule has 1 aromatic heterocycles. The van der Waals surface area contributed by atoms with Gasteiger partial charge in [-0.1, -0.05) is 30.3 Å². The molecule has 1 N–H and O–H groups in total. The Balaban J connectivity index is 1.70. The molecule has 0 bridgehead atoms. The van der Waals surface area contributed by atoms with Crippen LogP contribution in [0.3, 0.4) is 0 Å². The van der Waals surface area contributed by atoms with Gasteiger partial charge in [-0.05, 0) is 17.7 Å². The molecule has 3 rings (SSSR count). The third kappa shape index (κ3) is 5.41. The zero-order valence-corrected chi connectivity index (χ0v) is 14.8. The molecule has 5 nitrogen and oxygen atoms in total. The molecular weight excluding hydrogens is 318 g/mol. The lowest BCUT2D eigenvalue weighted by Gasteiger charge is -2.36. The van der Waals surface area contributed by atoms with Gasteiger partial charge in [-0.2, -0.15) is 0 Å². The van der Waals surface area contributed by atoms with E-state index in [1.807, 2.05) is 30.3 Å². The molecule has 0 atom stereocenters. The number of rotatable bonds is 8. The van der Waals surface area contributed by atoms with E-state index in [1.54, 1.807) is 7.11 Å². The highest BCUT2D eigenvalue weighted by molar-refractivity contribution is 5.15. The van der Waals surface area contributed by atoms with Crippen LogP contribution in [0.2, 0.25) is 0 Å². The zero-order chi connectivity index (χ0) is 17.5. The number of methoxy groups -OCH3 is 1. The van der Waals surface area contributed by atoms with Gasteiger partial charge in [-0.3, -0.25) is 4.90 Å². The Hall–Kier alpha value is -1.66.